The number of para-hydroxylation sites is 1. The molecule has 0 spiro atoms. The van der Waals surface area contributed by atoms with Gasteiger partial charge in [-0.25, -0.2) is 0 Å². The lowest BCUT2D eigenvalue weighted by molar-refractivity contribution is 0.620. The summed E-state index contributed by atoms with van der Waals surface area (Å²) < 4.78 is 0. The summed E-state index contributed by atoms with van der Waals surface area (Å²) in [5.41, 5.74) is 4.42. The van der Waals surface area contributed by atoms with Crippen LogP contribution in [0.3, 0.4) is 0 Å². The number of alkyl halides is 1. The molecule has 3 unspecified atom stereocenters. The van der Waals surface area contributed by atoms with Gasteiger partial charge in [-0.05, 0) is 30.9 Å². The fourth-order valence-corrected chi connectivity index (χ4v) is 4.48. The van der Waals surface area contributed by atoms with E-state index in [9.17, 15) is 0 Å². The van der Waals surface area contributed by atoms with Crippen molar-refractivity contribution in [1.82, 2.24) is 0 Å². The fourth-order valence-electron chi connectivity index (χ4n) is 3.56. The first-order chi connectivity index (χ1) is 8.24. The van der Waals surface area contributed by atoms with Crippen LogP contribution in [0.2, 0.25) is 0 Å². The summed E-state index contributed by atoms with van der Waals surface area (Å²) in [4.78, 5) is 3.17. The Morgan fingerprint density at radius 2 is 2.29 bits per heavy atom. The Bertz CT molecular complexity index is 454. The number of halogens is 1. The molecular formula is C15H18BrN. The molecule has 3 atom stereocenters. The van der Waals surface area contributed by atoms with Gasteiger partial charge in [0, 0.05) is 29.0 Å². The number of hydrogen-bond acceptors (Lipinski definition) is 1. The minimum absolute atomic E-state index is 0.624. The highest BCUT2D eigenvalue weighted by atomic mass is 79.9. The Kier molecular flexibility index (Phi) is 2.78. The normalized spacial score (nSPS) is 30.2. The molecule has 0 aromatic heterocycles. The van der Waals surface area contributed by atoms with Gasteiger partial charge in [0.1, 0.15) is 0 Å². The molecule has 90 valence electrons. The van der Waals surface area contributed by atoms with E-state index in [1.54, 1.807) is 5.56 Å². The van der Waals surface area contributed by atoms with Crippen LogP contribution in [-0.4, -0.2) is 17.4 Å². The van der Waals surface area contributed by atoms with Crippen LogP contribution in [-0.2, 0) is 0 Å². The van der Waals surface area contributed by atoms with Gasteiger partial charge in [-0.3, -0.25) is 0 Å². The molecule has 2 aliphatic rings. The van der Waals surface area contributed by atoms with E-state index >= 15 is 0 Å². The average molecular weight is 292 g/mol. The van der Waals surface area contributed by atoms with Gasteiger partial charge in [0.25, 0.3) is 0 Å². The topological polar surface area (TPSA) is 3.24 Å². The van der Waals surface area contributed by atoms with Crippen LogP contribution >= 0.6 is 15.9 Å². The first-order valence-electron chi connectivity index (χ1n) is 6.35. The second-order valence-electron chi connectivity index (χ2n) is 5.14. The Morgan fingerprint density at radius 1 is 1.47 bits per heavy atom. The Labute approximate surface area is 112 Å². The summed E-state index contributed by atoms with van der Waals surface area (Å²) >= 11 is 3.86. The second kappa shape index (κ2) is 4.16. The van der Waals surface area contributed by atoms with Crippen LogP contribution in [0.15, 0.2) is 30.9 Å². The van der Waals surface area contributed by atoms with Crippen molar-refractivity contribution in [2.75, 3.05) is 11.4 Å². The molecule has 1 nitrogen and oxygen atoms in total. The first kappa shape index (κ1) is 11.3. The minimum Gasteiger partial charge on any atom is -0.363 e. The van der Waals surface area contributed by atoms with Crippen molar-refractivity contribution in [1.29, 1.82) is 0 Å². The van der Waals surface area contributed by atoms with Crippen LogP contribution in [0.4, 0.5) is 5.69 Å². The Hall–Kier alpha value is -0.760. The quantitative estimate of drug-likeness (QED) is 0.588. The largest absolute Gasteiger partial charge is 0.363 e. The average Bonchev–Trinajstić information content (AvgIpc) is 2.82. The molecule has 0 bridgehead atoms. The summed E-state index contributed by atoms with van der Waals surface area (Å²) in [7, 11) is 0. The van der Waals surface area contributed by atoms with Crippen LogP contribution in [0.5, 0.6) is 0 Å². The van der Waals surface area contributed by atoms with Gasteiger partial charge in [0.05, 0.1) is 0 Å². The van der Waals surface area contributed by atoms with E-state index in [2.05, 4.69) is 52.5 Å². The lowest BCUT2D eigenvalue weighted by atomic mass is 9.96. The maximum absolute atomic E-state index is 3.91. The van der Waals surface area contributed by atoms with Gasteiger partial charge in [0.2, 0.25) is 0 Å². The van der Waals surface area contributed by atoms with Crippen molar-refractivity contribution in [3.63, 3.8) is 0 Å². The lowest BCUT2D eigenvalue weighted by Crippen LogP contribution is -2.37. The van der Waals surface area contributed by atoms with Crippen molar-refractivity contribution in [3.05, 3.63) is 42.0 Å². The minimum atomic E-state index is 0.624. The number of nitrogens with zero attached hydrogens (tertiary/aromatic N) is 1. The molecule has 1 aromatic carbocycles. The van der Waals surface area contributed by atoms with Crippen molar-refractivity contribution >= 4 is 21.6 Å². The van der Waals surface area contributed by atoms with Crippen molar-refractivity contribution in [2.24, 2.45) is 0 Å². The smallest absolute Gasteiger partial charge is 0.0488 e. The van der Waals surface area contributed by atoms with E-state index in [1.165, 1.54) is 24.1 Å². The molecule has 0 radical (unpaired) electrons. The van der Waals surface area contributed by atoms with Crippen LogP contribution in [0, 0.1) is 6.92 Å². The third-order valence-corrected chi connectivity index (χ3v) is 5.18. The monoisotopic (exact) mass is 291 g/mol. The predicted molar refractivity (Wildman–Crippen MR) is 77.2 cm³/mol. The van der Waals surface area contributed by atoms with E-state index in [0.717, 1.165) is 6.54 Å². The number of hydrogen-bond donors (Lipinski definition) is 0. The maximum atomic E-state index is 3.91. The molecule has 0 saturated heterocycles. The van der Waals surface area contributed by atoms with Crippen LogP contribution in [0.25, 0.3) is 0 Å². The van der Waals surface area contributed by atoms with E-state index in [4.69, 9.17) is 0 Å². The third kappa shape index (κ3) is 1.57. The molecule has 0 amide bonds. The molecule has 3 rings (SSSR count). The molecule has 0 N–H and O–H groups in total. The summed E-state index contributed by atoms with van der Waals surface area (Å²) in [6.45, 7) is 7.09. The zero-order valence-electron chi connectivity index (χ0n) is 10.2. The SMILES string of the molecule is C=CCN1c2c(C)cccc2C2CCC(Br)C21. The Morgan fingerprint density at radius 3 is 3.06 bits per heavy atom. The highest BCUT2D eigenvalue weighted by Gasteiger charge is 2.46. The van der Waals surface area contributed by atoms with E-state index in [-0.39, 0.29) is 0 Å². The molecule has 1 aliphatic heterocycles. The third-order valence-electron chi connectivity index (χ3n) is 4.18. The van der Waals surface area contributed by atoms with Gasteiger partial charge >= 0.3 is 0 Å². The van der Waals surface area contributed by atoms with E-state index < -0.39 is 0 Å². The van der Waals surface area contributed by atoms with Gasteiger partial charge in [0.15, 0.2) is 0 Å². The molecule has 1 fully saturated rings. The van der Waals surface area contributed by atoms with E-state index in [1.807, 2.05) is 6.08 Å². The summed E-state index contributed by atoms with van der Waals surface area (Å²) in [5, 5.41) is 0. The Balaban J connectivity index is 2.11. The summed E-state index contributed by atoms with van der Waals surface area (Å²) in [5.74, 6) is 0.717. The summed E-state index contributed by atoms with van der Waals surface area (Å²) in [6, 6.07) is 7.36. The number of fused-ring (bicyclic) bond motifs is 3. The first-order valence-corrected chi connectivity index (χ1v) is 7.26. The second-order valence-corrected chi connectivity index (χ2v) is 6.32. The van der Waals surface area contributed by atoms with Gasteiger partial charge in [-0.2, -0.15) is 0 Å². The molecule has 1 heterocycles. The number of aryl methyl sites for hydroxylation is 1. The number of rotatable bonds is 2. The molecule has 1 aliphatic carbocycles. The van der Waals surface area contributed by atoms with Crippen molar-refractivity contribution < 1.29 is 0 Å². The van der Waals surface area contributed by atoms with Gasteiger partial charge in [-0.1, -0.05) is 40.2 Å². The molecule has 2 heteroatoms. The number of benzene rings is 1. The number of anilines is 1. The standard InChI is InChI=1S/C15H18BrN/c1-3-9-17-14-10(2)5-4-6-11(14)12-7-8-13(16)15(12)17/h3-6,12-13,15H,1,7-9H2,2H3. The fraction of sp³-hybridized carbons (Fsp3) is 0.467. The van der Waals surface area contributed by atoms with Crippen LogP contribution in [0.1, 0.15) is 29.9 Å². The predicted octanol–water partition coefficient (Wildman–Crippen LogP) is 4.01. The van der Waals surface area contributed by atoms with Gasteiger partial charge in [-0.15, -0.1) is 6.58 Å². The maximum Gasteiger partial charge on any atom is 0.0488 e. The summed E-state index contributed by atoms with van der Waals surface area (Å²) in [6.07, 6.45) is 4.62. The van der Waals surface area contributed by atoms with Gasteiger partial charge < -0.3 is 4.90 Å². The zero-order valence-corrected chi connectivity index (χ0v) is 11.8. The highest BCUT2D eigenvalue weighted by molar-refractivity contribution is 9.09. The molecule has 17 heavy (non-hydrogen) atoms. The highest BCUT2D eigenvalue weighted by Crippen LogP contribution is 2.52. The van der Waals surface area contributed by atoms with Crippen molar-refractivity contribution in [2.45, 2.75) is 36.6 Å². The molecule has 1 saturated carbocycles. The lowest BCUT2D eigenvalue weighted by Gasteiger charge is -2.29. The van der Waals surface area contributed by atoms with Crippen LogP contribution < -0.4 is 4.90 Å². The molecule has 1 aromatic rings. The zero-order chi connectivity index (χ0) is 12.0. The molecular weight excluding hydrogens is 274 g/mol. The van der Waals surface area contributed by atoms with E-state index in [0.29, 0.717) is 16.8 Å². The van der Waals surface area contributed by atoms with Crippen molar-refractivity contribution in [3.8, 4) is 0 Å².